The Morgan fingerprint density at radius 2 is 2.19 bits per heavy atom. The monoisotopic (exact) mass is 346 g/mol. The van der Waals surface area contributed by atoms with Crippen molar-refractivity contribution in [1.29, 1.82) is 0 Å². The predicted molar refractivity (Wildman–Crippen MR) is 84.2 cm³/mol. The van der Waals surface area contributed by atoms with E-state index in [1.165, 1.54) is 6.07 Å². The van der Waals surface area contributed by atoms with Crippen LogP contribution in [-0.2, 0) is 6.54 Å². The van der Waals surface area contributed by atoms with Gasteiger partial charge in [-0.25, -0.2) is 0 Å². The lowest BCUT2D eigenvalue weighted by Crippen LogP contribution is -2.03. The number of aromatic amines is 1. The Bertz CT molecular complexity index is 816. The van der Waals surface area contributed by atoms with Crippen LogP contribution in [0, 0.1) is 10.1 Å². The SMILES string of the molecule is O=[N+]([O-])c1ccc(Br)cc1CNc1cccc2cn[nH]c12. The molecule has 0 fully saturated rings. The van der Waals surface area contributed by atoms with E-state index < -0.39 is 0 Å². The lowest BCUT2D eigenvalue weighted by Gasteiger charge is -2.08. The Morgan fingerprint density at radius 1 is 1.33 bits per heavy atom. The molecule has 1 aromatic heterocycles. The van der Waals surface area contributed by atoms with Gasteiger partial charge in [-0.05, 0) is 18.2 Å². The van der Waals surface area contributed by atoms with Gasteiger partial charge in [-0.2, -0.15) is 5.10 Å². The van der Waals surface area contributed by atoms with Crippen molar-refractivity contribution in [1.82, 2.24) is 10.2 Å². The quantitative estimate of drug-likeness (QED) is 0.555. The van der Waals surface area contributed by atoms with Crippen LogP contribution < -0.4 is 5.32 Å². The average molecular weight is 347 g/mol. The molecule has 0 saturated carbocycles. The molecular formula is C14H11BrN4O2. The zero-order valence-electron chi connectivity index (χ0n) is 10.8. The number of para-hydroxylation sites is 1. The summed E-state index contributed by atoms with van der Waals surface area (Å²) >= 11 is 3.34. The van der Waals surface area contributed by atoms with Crippen LogP contribution >= 0.6 is 15.9 Å². The molecule has 2 aromatic carbocycles. The number of fused-ring (bicyclic) bond motifs is 1. The summed E-state index contributed by atoms with van der Waals surface area (Å²) in [4.78, 5) is 10.7. The molecule has 3 aromatic rings. The Hall–Kier alpha value is -2.41. The van der Waals surface area contributed by atoms with E-state index in [1.54, 1.807) is 18.3 Å². The highest BCUT2D eigenvalue weighted by Crippen LogP contribution is 2.26. The maximum Gasteiger partial charge on any atom is 0.274 e. The van der Waals surface area contributed by atoms with Gasteiger partial charge < -0.3 is 5.32 Å². The van der Waals surface area contributed by atoms with Crippen LogP contribution in [0.3, 0.4) is 0 Å². The first kappa shape index (κ1) is 13.6. The number of halogens is 1. The highest BCUT2D eigenvalue weighted by Gasteiger charge is 2.14. The molecule has 0 radical (unpaired) electrons. The normalized spacial score (nSPS) is 10.7. The summed E-state index contributed by atoms with van der Waals surface area (Å²) < 4.78 is 0.810. The third kappa shape index (κ3) is 2.73. The average Bonchev–Trinajstić information content (AvgIpc) is 2.93. The van der Waals surface area contributed by atoms with Crippen LogP contribution in [-0.4, -0.2) is 15.1 Å². The molecule has 1 heterocycles. The van der Waals surface area contributed by atoms with Crippen molar-refractivity contribution in [3.05, 3.63) is 62.7 Å². The number of nitro groups is 1. The van der Waals surface area contributed by atoms with Gasteiger partial charge in [0.15, 0.2) is 0 Å². The fraction of sp³-hybridized carbons (Fsp3) is 0.0714. The van der Waals surface area contributed by atoms with Gasteiger partial charge in [-0.3, -0.25) is 15.2 Å². The minimum Gasteiger partial charge on any atom is -0.379 e. The van der Waals surface area contributed by atoms with Crippen LogP contribution in [0.2, 0.25) is 0 Å². The molecule has 3 rings (SSSR count). The molecule has 7 heteroatoms. The number of nitrogens with one attached hydrogen (secondary N) is 2. The summed E-state index contributed by atoms with van der Waals surface area (Å²) in [6.45, 7) is 0.355. The van der Waals surface area contributed by atoms with Gasteiger partial charge in [0.2, 0.25) is 0 Å². The molecule has 0 aliphatic carbocycles. The van der Waals surface area contributed by atoms with Gasteiger partial charge in [0.1, 0.15) is 0 Å². The maximum absolute atomic E-state index is 11.1. The third-order valence-electron chi connectivity index (χ3n) is 3.18. The molecule has 0 aliphatic heterocycles. The highest BCUT2D eigenvalue weighted by molar-refractivity contribution is 9.10. The Balaban J connectivity index is 1.90. The number of anilines is 1. The summed E-state index contributed by atoms with van der Waals surface area (Å²) in [5.41, 5.74) is 2.46. The Labute approximate surface area is 128 Å². The fourth-order valence-electron chi connectivity index (χ4n) is 2.18. The zero-order chi connectivity index (χ0) is 14.8. The molecule has 21 heavy (non-hydrogen) atoms. The molecule has 0 bridgehead atoms. The molecule has 6 nitrogen and oxygen atoms in total. The first-order chi connectivity index (χ1) is 10.1. The first-order valence-corrected chi connectivity index (χ1v) is 7.03. The highest BCUT2D eigenvalue weighted by atomic mass is 79.9. The Kier molecular flexibility index (Phi) is 3.57. The van der Waals surface area contributed by atoms with Gasteiger partial charge in [0.25, 0.3) is 5.69 Å². The number of nitro benzene ring substituents is 1. The number of hydrogen-bond donors (Lipinski definition) is 2. The Morgan fingerprint density at radius 3 is 3.00 bits per heavy atom. The van der Waals surface area contributed by atoms with E-state index in [0.29, 0.717) is 12.1 Å². The molecule has 0 atom stereocenters. The lowest BCUT2D eigenvalue weighted by molar-refractivity contribution is -0.385. The zero-order valence-corrected chi connectivity index (χ0v) is 12.4. The van der Waals surface area contributed by atoms with Crippen molar-refractivity contribution in [3.63, 3.8) is 0 Å². The van der Waals surface area contributed by atoms with Crippen LogP contribution in [0.4, 0.5) is 11.4 Å². The largest absolute Gasteiger partial charge is 0.379 e. The van der Waals surface area contributed by atoms with E-state index in [9.17, 15) is 10.1 Å². The van der Waals surface area contributed by atoms with E-state index in [-0.39, 0.29) is 10.6 Å². The summed E-state index contributed by atoms with van der Waals surface area (Å²) in [5.74, 6) is 0. The van der Waals surface area contributed by atoms with Crippen molar-refractivity contribution < 1.29 is 4.92 Å². The molecule has 0 spiro atoms. The second-order valence-corrected chi connectivity index (χ2v) is 5.44. The molecule has 0 saturated heterocycles. The number of H-pyrrole nitrogens is 1. The number of aromatic nitrogens is 2. The summed E-state index contributed by atoms with van der Waals surface area (Å²) in [7, 11) is 0. The van der Waals surface area contributed by atoms with Crippen LogP contribution in [0.15, 0.2) is 47.1 Å². The second kappa shape index (κ2) is 5.53. The molecule has 2 N–H and O–H groups in total. The predicted octanol–water partition coefficient (Wildman–Crippen LogP) is 3.85. The van der Waals surface area contributed by atoms with Gasteiger partial charge in [-0.15, -0.1) is 0 Å². The van der Waals surface area contributed by atoms with Crippen molar-refractivity contribution in [3.8, 4) is 0 Å². The smallest absolute Gasteiger partial charge is 0.274 e. The van der Waals surface area contributed by atoms with E-state index >= 15 is 0 Å². The minimum absolute atomic E-state index is 0.0995. The number of rotatable bonds is 4. The van der Waals surface area contributed by atoms with E-state index in [1.807, 2.05) is 18.2 Å². The number of hydrogen-bond acceptors (Lipinski definition) is 4. The first-order valence-electron chi connectivity index (χ1n) is 6.24. The summed E-state index contributed by atoms with van der Waals surface area (Å²) in [6, 6.07) is 10.7. The van der Waals surface area contributed by atoms with E-state index in [0.717, 1.165) is 21.1 Å². The topological polar surface area (TPSA) is 83.8 Å². The number of benzene rings is 2. The molecule has 106 valence electrons. The standard InChI is InChI=1S/C14H11BrN4O2/c15-11-4-5-13(19(20)21)10(6-11)7-16-12-3-1-2-9-8-17-18-14(9)12/h1-6,8,16H,7H2,(H,17,18). The van der Waals surface area contributed by atoms with Crippen molar-refractivity contribution in [2.24, 2.45) is 0 Å². The fourth-order valence-corrected chi connectivity index (χ4v) is 2.59. The van der Waals surface area contributed by atoms with Crippen molar-refractivity contribution in [2.45, 2.75) is 6.54 Å². The molecular weight excluding hydrogens is 336 g/mol. The van der Waals surface area contributed by atoms with Crippen LogP contribution in [0.25, 0.3) is 10.9 Å². The second-order valence-electron chi connectivity index (χ2n) is 4.52. The molecule has 0 aliphatic rings. The maximum atomic E-state index is 11.1. The van der Waals surface area contributed by atoms with Gasteiger partial charge in [-0.1, -0.05) is 28.1 Å². The van der Waals surface area contributed by atoms with E-state index in [2.05, 4.69) is 31.4 Å². The molecule has 0 amide bonds. The minimum atomic E-state index is -0.375. The van der Waals surface area contributed by atoms with Crippen LogP contribution in [0.1, 0.15) is 5.56 Å². The summed E-state index contributed by atoms with van der Waals surface area (Å²) in [6.07, 6.45) is 1.74. The third-order valence-corrected chi connectivity index (χ3v) is 3.68. The lowest BCUT2D eigenvalue weighted by atomic mass is 10.1. The molecule has 0 unspecified atom stereocenters. The van der Waals surface area contributed by atoms with Gasteiger partial charge >= 0.3 is 0 Å². The van der Waals surface area contributed by atoms with E-state index in [4.69, 9.17) is 0 Å². The van der Waals surface area contributed by atoms with Crippen molar-refractivity contribution >= 4 is 38.2 Å². The van der Waals surface area contributed by atoms with Crippen LogP contribution in [0.5, 0.6) is 0 Å². The van der Waals surface area contributed by atoms with Gasteiger partial charge in [0, 0.05) is 28.0 Å². The van der Waals surface area contributed by atoms with Gasteiger partial charge in [0.05, 0.1) is 22.3 Å². The number of nitrogens with zero attached hydrogens (tertiary/aromatic N) is 2. The summed E-state index contributed by atoms with van der Waals surface area (Å²) in [5, 5.41) is 22.2. The van der Waals surface area contributed by atoms with Crippen molar-refractivity contribution in [2.75, 3.05) is 5.32 Å².